The normalized spacial score (nSPS) is 17.6. The summed E-state index contributed by atoms with van der Waals surface area (Å²) in [7, 11) is 2.17. The number of piperazine rings is 1. The van der Waals surface area contributed by atoms with Crippen molar-refractivity contribution in [2.75, 3.05) is 39.8 Å². The van der Waals surface area contributed by atoms with E-state index in [-0.39, 0.29) is 17.4 Å². The standard InChI is InChI=1S/C22H31N3OS/c1-22(2,3)18-9-7-17(8-10-18)21(26)23-16-19(20-6-5-15-27-20)25-13-11-24(4)12-14-25/h5-10,15,19H,11-14,16H2,1-4H3,(H,23,26). The fraction of sp³-hybridized carbons (Fsp3) is 0.500. The molecule has 146 valence electrons. The monoisotopic (exact) mass is 385 g/mol. The molecule has 1 amide bonds. The molecule has 0 saturated carbocycles. The Morgan fingerprint density at radius 2 is 1.78 bits per heavy atom. The molecule has 2 heterocycles. The van der Waals surface area contributed by atoms with E-state index in [0.717, 1.165) is 31.7 Å². The lowest BCUT2D eigenvalue weighted by atomic mass is 9.87. The summed E-state index contributed by atoms with van der Waals surface area (Å²) in [5.41, 5.74) is 2.07. The van der Waals surface area contributed by atoms with E-state index in [4.69, 9.17) is 0 Å². The van der Waals surface area contributed by atoms with E-state index < -0.39 is 0 Å². The van der Waals surface area contributed by atoms with Gasteiger partial charge in [-0.15, -0.1) is 11.3 Å². The maximum absolute atomic E-state index is 12.7. The molecule has 1 unspecified atom stereocenters. The largest absolute Gasteiger partial charge is 0.350 e. The third-order valence-electron chi connectivity index (χ3n) is 5.32. The van der Waals surface area contributed by atoms with Crippen LogP contribution in [0.5, 0.6) is 0 Å². The molecule has 0 bridgehead atoms. The molecule has 1 aliphatic heterocycles. The van der Waals surface area contributed by atoms with Crippen LogP contribution in [0.2, 0.25) is 0 Å². The van der Waals surface area contributed by atoms with Crippen molar-refractivity contribution < 1.29 is 4.79 Å². The zero-order valence-electron chi connectivity index (χ0n) is 16.9. The zero-order chi connectivity index (χ0) is 19.4. The van der Waals surface area contributed by atoms with Crippen LogP contribution in [0, 0.1) is 0 Å². The minimum Gasteiger partial charge on any atom is -0.350 e. The van der Waals surface area contributed by atoms with Gasteiger partial charge in [-0.1, -0.05) is 39.0 Å². The maximum atomic E-state index is 12.7. The average molecular weight is 386 g/mol. The highest BCUT2D eigenvalue weighted by atomic mass is 32.1. The summed E-state index contributed by atoms with van der Waals surface area (Å²) in [6.07, 6.45) is 0. The Balaban J connectivity index is 1.65. The van der Waals surface area contributed by atoms with E-state index in [2.05, 4.69) is 72.6 Å². The highest BCUT2D eigenvalue weighted by Gasteiger charge is 2.25. The van der Waals surface area contributed by atoms with Crippen molar-refractivity contribution >= 4 is 17.2 Å². The molecule has 1 aromatic heterocycles. The van der Waals surface area contributed by atoms with Gasteiger partial charge in [0.25, 0.3) is 5.91 Å². The highest BCUT2D eigenvalue weighted by molar-refractivity contribution is 7.10. The number of carbonyl (C=O) groups excluding carboxylic acids is 1. The van der Waals surface area contributed by atoms with Crippen molar-refractivity contribution in [1.82, 2.24) is 15.1 Å². The van der Waals surface area contributed by atoms with Crippen LogP contribution in [0.15, 0.2) is 41.8 Å². The van der Waals surface area contributed by atoms with Gasteiger partial charge in [0.1, 0.15) is 0 Å². The number of rotatable bonds is 5. The highest BCUT2D eigenvalue weighted by Crippen LogP contribution is 2.26. The Morgan fingerprint density at radius 3 is 2.33 bits per heavy atom. The Morgan fingerprint density at radius 1 is 1.11 bits per heavy atom. The summed E-state index contributed by atoms with van der Waals surface area (Å²) in [5.74, 6) is 0.00569. The number of hydrogen-bond acceptors (Lipinski definition) is 4. The molecule has 4 nitrogen and oxygen atoms in total. The molecule has 1 N–H and O–H groups in total. The van der Waals surface area contributed by atoms with Crippen molar-refractivity contribution in [1.29, 1.82) is 0 Å². The first-order valence-electron chi connectivity index (χ1n) is 9.69. The molecule has 2 aromatic rings. The Hall–Kier alpha value is -1.69. The molecule has 3 rings (SSSR count). The predicted molar refractivity (Wildman–Crippen MR) is 114 cm³/mol. The molecular formula is C22H31N3OS. The third kappa shape index (κ3) is 5.18. The molecule has 0 spiro atoms. The van der Waals surface area contributed by atoms with Crippen LogP contribution in [-0.4, -0.2) is 55.5 Å². The van der Waals surface area contributed by atoms with Crippen LogP contribution in [-0.2, 0) is 5.41 Å². The van der Waals surface area contributed by atoms with E-state index in [1.807, 2.05) is 12.1 Å². The van der Waals surface area contributed by atoms with E-state index in [0.29, 0.717) is 6.54 Å². The third-order valence-corrected chi connectivity index (χ3v) is 6.29. The zero-order valence-corrected chi connectivity index (χ0v) is 17.7. The van der Waals surface area contributed by atoms with Crippen LogP contribution in [0.4, 0.5) is 0 Å². The van der Waals surface area contributed by atoms with E-state index >= 15 is 0 Å². The quantitative estimate of drug-likeness (QED) is 0.851. The second-order valence-electron chi connectivity index (χ2n) is 8.41. The summed E-state index contributed by atoms with van der Waals surface area (Å²) in [4.78, 5) is 18.9. The van der Waals surface area contributed by atoms with Crippen molar-refractivity contribution in [3.05, 3.63) is 57.8 Å². The number of likely N-dealkylation sites (N-methyl/N-ethyl adjacent to an activating group) is 1. The summed E-state index contributed by atoms with van der Waals surface area (Å²) >= 11 is 1.77. The lowest BCUT2D eigenvalue weighted by Gasteiger charge is -2.37. The summed E-state index contributed by atoms with van der Waals surface area (Å²) in [5, 5.41) is 5.28. The summed E-state index contributed by atoms with van der Waals surface area (Å²) in [6, 6.07) is 12.5. The lowest BCUT2D eigenvalue weighted by Crippen LogP contribution is -2.48. The van der Waals surface area contributed by atoms with Gasteiger partial charge in [0, 0.05) is 43.2 Å². The van der Waals surface area contributed by atoms with Crippen LogP contribution < -0.4 is 5.32 Å². The molecule has 1 aliphatic rings. The second kappa shape index (κ2) is 8.55. The number of benzene rings is 1. The topological polar surface area (TPSA) is 35.6 Å². The van der Waals surface area contributed by atoms with Gasteiger partial charge in [0.15, 0.2) is 0 Å². The SMILES string of the molecule is CN1CCN(C(CNC(=O)c2ccc(C(C)(C)C)cc2)c2cccs2)CC1. The Bertz CT molecular complexity index is 726. The van der Waals surface area contributed by atoms with Gasteiger partial charge in [0.05, 0.1) is 6.04 Å². The fourth-order valence-corrected chi connectivity index (χ4v) is 4.30. The first-order chi connectivity index (χ1) is 12.8. The molecule has 1 fully saturated rings. The van der Waals surface area contributed by atoms with Gasteiger partial charge in [-0.3, -0.25) is 9.69 Å². The molecule has 0 aliphatic carbocycles. The number of amides is 1. The number of nitrogens with one attached hydrogen (secondary N) is 1. The van der Waals surface area contributed by atoms with E-state index in [1.54, 1.807) is 11.3 Å². The second-order valence-corrected chi connectivity index (χ2v) is 9.39. The molecule has 27 heavy (non-hydrogen) atoms. The Labute approximate surface area is 167 Å². The number of hydrogen-bond donors (Lipinski definition) is 1. The fourth-order valence-electron chi connectivity index (χ4n) is 3.44. The van der Waals surface area contributed by atoms with Crippen LogP contribution in [0.3, 0.4) is 0 Å². The Kier molecular flexibility index (Phi) is 6.35. The van der Waals surface area contributed by atoms with Gasteiger partial charge in [-0.2, -0.15) is 0 Å². The van der Waals surface area contributed by atoms with Crippen LogP contribution in [0.25, 0.3) is 0 Å². The summed E-state index contributed by atoms with van der Waals surface area (Å²) < 4.78 is 0. The maximum Gasteiger partial charge on any atom is 0.251 e. The molecule has 0 radical (unpaired) electrons. The predicted octanol–water partition coefficient (Wildman–Crippen LogP) is 3.76. The molecule has 1 atom stereocenters. The average Bonchev–Trinajstić information content (AvgIpc) is 3.17. The van der Waals surface area contributed by atoms with Crippen molar-refractivity contribution in [3.8, 4) is 0 Å². The molecule has 1 aromatic carbocycles. The number of thiophene rings is 1. The van der Waals surface area contributed by atoms with Crippen molar-refractivity contribution in [3.63, 3.8) is 0 Å². The van der Waals surface area contributed by atoms with Gasteiger partial charge < -0.3 is 10.2 Å². The smallest absolute Gasteiger partial charge is 0.251 e. The van der Waals surface area contributed by atoms with Crippen molar-refractivity contribution in [2.45, 2.75) is 32.2 Å². The number of nitrogens with zero attached hydrogens (tertiary/aromatic N) is 2. The van der Waals surface area contributed by atoms with E-state index in [9.17, 15) is 4.79 Å². The van der Waals surface area contributed by atoms with Gasteiger partial charge >= 0.3 is 0 Å². The lowest BCUT2D eigenvalue weighted by molar-refractivity contribution is 0.0890. The van der Waals surface area contributed by atoms with Crippen LogP contribution >= 0.6 is 11.3 Å². The molecular weight excluding hydrogens is 354 g/mol. The summed E-state index contributed by atoms with van der Waals surface area (Å²) in [6.45, 7) is 11.4. The first kappa shape index (κ1) is 20.1. The van der Waals surface area contributed by atoms with Gasteiger partial charge in [-0.05, 0) is 41.6 Å². The minimum atomic E-state index is 0.00569. The first-order valence-corrected chi connectivity index (χ1v) is 10.6. The van der Waals surface area contributed by atoms with E-state index in [1.165, 1.54) is 10.4 Å². The minimum absolute atomic E-state index is 0.00569. The van der Waals surface area contributed by atoms with Gasteiger partial charge in [-0.25, -0.2) is 0 Å². The van der Waals surface area contributed by atoms with Crippen molar-refractivity contribution in [2.24, 2.45) is 0 Å². The molecule has 5 heteroatoms. The van der Waals surface area contributed by atoms with Crippen LogP contribution in [0.1, 0.15) is 47.6 Å². The van der Waals surface area contributed by atoms with Gasteiger partial charge in [0.2, 0.25) is 0 Å². The molecule has 1 saturated heterocycles. The number of carbonyl (C=O) groups is 1.